The van der Waals surface area contributed by atoms with Crippen LogP contribution in [0, 0.1) is 5.92 Å². The van der Waals surface area contributed by atoms with Crippen molar-refractivity contribution in [2.24, 2.45) is 5.92 Å². The largest absolute Gasteiger partial charge is 0.444 e. The second-order valence-corrected chi connectivity index (χ2v) is 8.15. The van der Waals surface area contributed by atoms with Crippen molar-refractivity contribution in [2.75, 3.05) is 0 Å². The molecule has 2 saturated carbocycles. The smallest absolute Gasteiger partial charge is 0.407 e. The molecule has 128 valence electrons. The van der Waals surface area contributed by atoms with Gasteiger partial charge in [0.15, 0.2) is 0 Å². The Morgan fingerprint density at radius 2 is 1.59 bits per heavy atom. The SMILES string of the molecule is CCC1CCC(NC2CCC(NC(=O)OC(C)(C)C)C2)CC1. The maximum Gasteiger partial charge on any atom is 0.407 e. The van der Waals surface area contributed by atoms with E-state index in [1.807, 2.05) is 20.8 Å². The highest BCUT2D eigenvalue weighted by Crippen LogP contribution is 2.28. The third-order valence-corrected chi connectivity index (χ3v) is 5.05. The van der Waals surface area contributed by atoms with Crippen LogP contribution in [0.3, 0.4) is 0 Å². The summed E-state index contributed by atoms with van der Waals surface area (Å²) >= 11 is 0. The van der Waals surface area contributed by atoms with Crippen molar-refractivity contribution in [1.82, 2.24) is 10.6 Å². The minimum atomic E-state index is -0.418. The highest BCUT2D eigenvalue weighted by Gasteiger charge is 2.30. The van der Waals surface area contributed by atoms with Crippen LogP contribution >= 0.6 is 0 Å². The first-order valence-electron chi connectivity index (χ1n) is 9.11. The molecule has 0 radical (unpaired) electrons. The molecule has 2 aliphatic rings. The van der Waals surface area contributed by atoms with Crippen LogP contribution < -0.4 is 10.6 Å². The van der Waals surface area contributed by atoms with E-state index >= 15 is 0 Å². The van der Waals surface area contributed by atoms with E-state index in [2.05, 4.69) is 17.6 Å². The van der Waals surface area contributed by atoms with Crippen LogP contribution in [0.2, 0.25) is 0 Å². The van der Waals surface area contributed by atoms with Gasteiger partial charge in [-0.3, -0.25) is 0 Å². The maximum atomic E-state index is 11.8. The molecule has 0 spiro atoms. The Morgan fingerprint density at radius 3 is 2.18 bits per heavy atom. The number of amides is 1. The van der Waals surface area contributed by atoms with E-state index in [-0.39, 0.29) is 12.1 Å². The van der Waals surface area contributed by atoms with Crippen LogP contribution in [0.15, 0.2) is 0 Å². The van der Waals surface area contributed by atoms with Crippen molar-refractivity contribution in [3.63, 3.8) is 0 Å². The average molecular weight is 310 g/mol. The van der Waals surface area contributed by atoms with Gasteiger partial charge in [-0.25, -0.2) is 4.79 Å². The van der Waals surface area contributed by atoms with Crippen LogP contribution in [0.25, 0.3) is 0 Å². The lowest BCUT2D eigenvalue weighted by Crippen LogP contribution is -2.41. The third-order valence-electron chi connectivity index (χ3n) is 5.05. The van der Waals surface area contributed by atoms with Crippen molar-refractivity contribution in [3.8, 4) is 0 Å². The van der Waals surface area contributed by atoms with Gasteiger partial charge in [0, 0.05) is 18.1 Å². The number of ether oxygens (including phenoxy) is 1. The average Bonchev–Trinajstić information content (AvgIpc) is 2.84. The molecule has 2 N–H and O–H groups in total. The van der Waals surface area contributed by atoms with Crippen LogP contribution in [0.1, 0.15) is 79.1 Å². The van der Waals surface area contributed by atoms with Gasteiger partial charge in [0.1, 0.15) is 5.60 Å². The van der Waals surface area contributed by atoms with E-state index in [4.69, 9.17) is 4.74 Å². The van der Waals surface area contributed by atoms with E-state index in [0.29, 0.717) is 12.1 Å². The topological polar surface area (TPSA) is 50.4 Å². The van der Waals surface area contributed by atoms with E-state index in [1.165, 1.54) is 32.1 Å². The van der Waals surface area contributed by atoms with Gasteiger partial charge in [0.2, 0.25) is 0 Å². The molecule has 2 rings (SSSR count). The Balaban J connectivity index is 1.66. The van der Waals surface area contributed by atoms with Gasteiger partial charge in [-0.1, -0.05) is 13.3 Å². The predicted molar refractivity (Wildman–Crippen MR) is 90.0 cm³/mol. The summed E-state index contributed by atoms with van der Waals surface area (Å²) in [6.07, 6.45) is 9.70. The number of rotatable bonds is 4. The van der Waals surface area contributed by atoms with Gasteiger partial charge in [-0.05, 0) is 71.6 Å². The second-order valence-electron chi connectivity index (χ2n) is 8.15. The zero-order valence-electron chi connectivity index (χ0n) is 14.8. The third kappa shape index (κ3) is 5.79. The highest BCUT2D eigenvalue weighted by molar-refractivity contribution is 5.68. The van der Waals surface area contributed by atoms with Crippen LogP contribution in [0.5, 0.6) is 0 Å². The highest BCUT2D eigenvalue weighted by atomic mass is 16.6. The molecule has 0 aromatic rings. The molecule has 4 nitrogen and oxygen atoms in total. The van der Waals surface area contributed by atoms with Gasteiger partial charge in [-0.2, -0.15) is 0 Å². The fourth-order valence-electron chi connectivity index (χ4n) is 3.81. The van der Waals surface area contributed by atoms with Gasteiger partial charge in [0.25, 0.3) is 0 Å². The summed E-state index contributed by atoms with van der Waals surface area (Å²) in [7, 11) is 0. The standard InChI is InChI=1S/C18H34N2O2/c1-5-13-6-8-14(9-7-13)19-15-10-11-16(12-15)20-17(21)22-18(2,3)4/h13-16,19H,5-12H2,1-4H3,(H,20,21). The Morgan fingerprint density at radius 1 is 1.00 bits per heavy atom. The monoisotopic (exact) mass is 310 g/mol. The molecule has 0 aromatic heterocycles. The van der Waals surface area contributed by atoms with E-state index in [1.54, 1.807) is 0 Å². The molecule has 0 saturated heterocycles. The van der Waals surface area contributed by atoms with E-state index in [0.717, 1.165) is 25.2 Å². The van der Waals surface area contributed by atoms with E-state index < -0.39 is 5.60 Å². The zero-order valence-corrected chi connectivity index (χ0v) is 14.8. The first kappa shape index (κ1) is 17.6. The summed E-state index contributed by atoms with van der Waals surface area (Å²) in [4.78, 5) is 11.8. The first-order chi connectivity index (χ1) is 10.4. The summed E-state index contributed by atoms with van der Waals surface area (Å²) in [5.74, 6) is 0.947. The van der Waals surface area contributed by atoms with Crippen molar-refractivity contribution in [2.45, 2.75) is 103 Å². The summed E-state index contributed by atoms with van der Waals surface area (Å²) in [6, 6.07) is 1.51. The molecule has 0 bridgehead atoms. The van der Waals surface area contributed by atoms with Crippen molar-refractivity contribution in [3.05, 3.63) is 0 Å². The molecule has 2 fully saturated rings. The summed E-state index contributed by atoms with van der Waals surface area (Å²) in [5.41, 5.74) is -0.418. The molecule has 0 heterocycles. The Kier molecular flexibility index (Phi) is 6.13. The number of hydrogen-bond acceptors (Lipinski definition) is 3. The summed E-state index contributed by atoms with van der Waals surface area (Å²) < 4.78 is 5.34. The number of alkyl carbamates (subject to hydrolysis) is 1. The van der Waals surface area contributed by atoms with Crippen molar-refractivity contribution in [1.29, 1.82) is 0 Å². The minimum absolute atomic E-state index is 0.263. The molecular weight excluding hydrogens is 276 g/mol. The molecule has 1 amide bonds. The van der Waals surface area contributed by atoms with Crippen molar-refractivity contribution < 1.29 is 9.53 Å². The summed E-state index contributed by atoms with van der Waals surface area (Å²) in [6.45, 7) is 8.01. The van der Waals surface area contributed by atoms with Crippen molar-refractivity contribution >= 4 is 6.09 Å². The zero-order chi connectivity index (χ0) is 16.2. The first-order valence-corrected chi connectivity index (χ1v) is 9.11. The van der Waals surface area contributed by atoms with Gasteiger partial charge >= 0.3 is 6.09 Å². The van der Waals surface area contributed by atoms with Gasteiger partial charge < -0.3 is 15.4 Å². The fraction of sp³-hybridized carbons (Fsp3) is 0.944. The molecule has 2 unspecified atom stereocenters. The molecule has 4 heteroatoms. The normalized spacial score (nSPS) is 32.7. The number of carbonyl (C=O) groups excluding carboxylic acids is 1. The molecule has 0 aromatic carbocycles. The molecular formula is C18H34N2O2. The predicted octanol–water partition coefficient (Wildman–Crippen LogP) is 3.99. The Labute approximate surface area is 135 Å². The van der Waals surface area contributed by atoms with E-state index in [9.17, 15) is 4.79 Å². The lowest BCUT2D eigenvalue weighted by atomic mass is 9.84. The maximum absolute atomic E-state index is 11.8. The Hall–Kier alpha value is -0.770. The van der Waals surface area contributed by atoms with Crippen LogP contribution in [-0.2, 0) is 4.74 Å². The Bertz CT molecular complexity index is 357. The number of carbonyl (C=O) groups is 1. The summed E-state index contributed by atoms with van der Waals surface area (Å²) in [5, 5.41) is 6.84. The minimum Gasteiger partial charge on any atom is -0.444 e. The molecule has 22 heavy (non-hydrogen) atoms. The van der Waals surface area contributed by atoms with Crippen LogP contribution in [-0.4, -0.2) is 29.8 Å². The second kappa shape index (κ2) is 7.67. The lowest BCUT2D eigenvalue weighted by molar-refractivity contribution is 0.0505. The molecule has 0 aliphatic heterocycles. The molecule has 2 aliphatic carbocycles. The fourth-order valence-corrected chi connectivity index (χ4v) is 3.81. The quantitative estimate of drug-likeness (QED) is 0.825. The lowest BCUT2D eigenvalue weighted by Gasteiger charge is -2.30. The van der Waals surface area contributed by atoms with Gasteiger partial charge in [-0.15, -0.1) is 0 Å². The number of nitrogens with one attached hydrogen (secondary N) is 2. The number of hydrogen-bond donors (Lipinski definition) is 2. The van der Waals surface area contributed by atoms with Crippen LogP contribution in [0.4, 0.5) is 4.79 Å². The molecule has 2 atom stereocenters. The van der Waals surface area contributed by atoms with Gasteiger partial charge in [0.05, 0.1) is 0 Å².